The topological polar surface area (TPSA) is 22.9 Å². The molecule has 0 radical (unpaired) electrons. The van der Waals surface area contributed by atoms with E-state index in [9.17, 15) is 0 Å². The van der Waals surface area contributed by atoms with Crippen LogP contribution in [0.4, 0.5) is 39.8 Å². The summed E-state index contributed by atoms with van der Waals surface area (Å²) in [5.74, 6) is 0. The quantitative estimate of drug-likeness (QED) is 0.162. The Hall–Kier alpha value is -7.76. The summed E-state index contributed by atoms with van der Waals surface area (Å²) in [7, 11) is 0. The van der Waals surface area contributed by atoms with Crippen molar-refractivity contribution in [2.45, 2.75) is 19.3 Å². The van der Waals surface area contributed by atoms with E-state index in [-0.39, 0.29) is 12.4 Å². The Labute approximate surface area is 361 Å². The van der Waals surface area contributed by atoms with E-state index in [0.717, 1.165) is 50.4 Å². The van der Waals surface area contributed by atoms with Crippen LogP contribution >= 0.6 is 0 Å². The van der Waals surface area contributed by atoms with Crippen molar-refractivity contribution in [2.24, 2.45) is 0 Å². The zero-order valence-corrected chi connectivity index (χ0v) is 34.5. The van der Waals surface area contributed by atoms with Crippen LogP contribution in [-0.2, 0) is 5.41 Å². The molecule has 0 fully saturated rings. The molecule has 5 heteroatoms. The highest BCUT2D eigenvalue weighted by Crippen LogP contribution is 2.52. The van der Waals surface area contributed by atoms with E-state index in [2.05, 4.69) is 229 Å². The SMILES string of the molecule is CC1(C)c2ccccc2-c2ccc(N(c3ccc(N4B5c6c(cccc6-c6ccccc64)-c4ccccc4N5c4ccccc4)cc3)c3ccc4oc5ccccc5c4c3)cc21. The molecule has 2 aliphatic heterocycles. The minimum atomic E-state index is -0.137. The van der Waals surface area contributed by atoms with Gasteiger partial charge < -0.3 is 18.9 Å². The van der Waals surface area contributed by atoms with Crippen molar-refractivity contribution in [3.8, 4) is 33.4 Å². The fourth-order valence-electron chi connectivity index (χ4n) is 10.8. The molecule has 10 aromatic rings. The van der Waals surface area contributed by atoms with E-state index in [1.165, 1.54) is 61.3 Å². The molecule has 1 aromatic heterocycles. The van der Waals surface area contributed by atoms with Gasteiger partial charge in [-0.15, -0.1) is 0 Å². The van der Waals surface area contributed by atoms with E-state index < -0.39 is 0 Å². The summed E-state index contributed by atoms with van der Waals surface area (Å²) < 4.78 is 6.33. The number of anilines is 7. The second-order valence-corrected chi connectivity index (χ2v) is 17.3. The maximum absolute atomic E-state index is 6.33. The first-order chi connectivity index (χ1) is 30.5. The minimum Gasteiger partial charge on any atom is -0.456 e. The average molecular weight is 794 g/mol. The van der Waals surface area contributed by atoms with Gasteiger partial charge in [0.1, 0.15) is 11.2 Å². The number of nitrogens with zero attached hydrogens (tertiary/aromatic N) is 3. The van der Waals surface area contributed by atoms with E-state index >= 15 is 0 Å². The Kier molecular flexibility index (Phi) is 7.42. The first kappa shape index (κ1) is 35.0. The molecule has 62 heavy (non-hydrogen) atoms. The number of hydrogen-bond donors (Lipinski definition) is 0. The third-order valence-electron chi connectivity index (χ3n) is 13.6. The Morgan fingerprint density at radius 3 is 1.68 bits per heavy atom. The van der Waals surface area contributed by atoms with Crippen LogP contribution < -0.4 is 20.0 Å². The number of benzene rings is 9. The van der Waals surface area contributed by atoms with Crippen molar-refractivity contribution in [2.75, 3.05) is 14.5 Å². The van der Waals surface area contributed by atoms with E-state index in [4.69, 9.17) is 4.42 Å². The van der Waals surface area contributed by atoms with Crippen molar-refractivity contribution in [1.82, 2.24) is 0 Å². The fraction of sp³-hybridized carbons (Fsp3) is 0.0526. The Bertz CT molecular complexity index is 3410. The monoisotopic (exact) mass is 793 g/mol. The largest absolute Gasteiger partial charge is 0.456 e. The van der Waals surface area contributed by atoms with E-state index in [1.807, 2.05) is 6.07 Å². The summed E-state index contributed by atoms with van der Waals surface area (Å²) in [6, 6.07) is 75.5. The molecule has 0 saturated carbocycles. The summed E-state index contributed by atoms with van der Waals surface area (Å²) in [6.07, 6.45) is 0. The third-order valence-corrected chi connectivity index (χ3v) is 13.6. The van der Waals surface area contributed by atoms with Crippen LogP contribution in [0.2, 0.25) is 0 Å². The first-order valence-corrected chi connectivity index (χ1v) is 21.5. The molecule has 0 saturated heterocycles. The molecule has 0 amide bonds. The van der Waals surface area contributed by atoms with Gasteiger partial charge in [-0.05, 0) is 124 Å². The fourth-order valence-corrected chi connectivity index (χ4v) is 10.8. The molecule has 3 aliphatic rings. The Morgan fingerprint density at radius 1 is 0.403 bits per heavy atom. The van der Waals surface area contributed by atoms with E-state index in [1.54, 1.807) is 0 Å². The summed E-state index contributed by atoms with van der Waals surface area (Å²) in [6.45, 7) is 4.58. The van der Waals surface area contributed by atoms with Crippen molar-refractivity contribution >= 4 is 74.2 Å². The molecule has 292 valence electrons. The number of para-hydroxylation sites is 4. The zero-order valence-electron chi connectivity index (χ0n) is 34.5. The van der Waals surface area contributed by atoms with Gasteiger partial charge in [0.05, 0.1) is 0 Å². The summed E-state index contributed by atoms with van der Waals surface area (Å²) in [5.41, 5.74) is 21.3. The van der Waals surface area contributed by atoms with Crippen LogP contribution in [0.1, 0.15) is 25.0 Å². The van der Waals surface area contributed by atoms with Gasteiger partial charge >= 0.3 is 6.98 Å². The molecule has 9 aromatic carbocycles. The van der Waals surface area contributed by atoms with Gasteiger partial charge in [-0.2, -0.15) is 0 Å². The second kappa shape index (κ2) is 13.1. The third kappa shape index (κ3) is 4.96. The normalized spacial score (nSPS) is 14.0. The van der Waals surface area contributed by atoms with Crippen molar-refractivity contribution in [1.29, 1.82) is 0 Å². The standard InChI is InChI=1S/C57H40BN3O/c1-57(2)50-23-10-6-17-42(50)43-33-31-41(36-51(43)57)59(40-32-34-55-49(35-40)46-20-9-13-26-54(46)62-55)37-27-29-39(30-28-37)61-53-25-12-8-19-45(53)48-22-14-21-47-44-18-7-11-24-52(44)60(58(61)56(47)48)38-15-4-3-5-16-38/h3-36H,1-2H3. The molecule has 0 atom stereocenters. The van der Waals surface area contributed by atoms with Crippen LogP contribution in [0.3, 0.4) is 0 Å². The van der Waals surface area contributed by atoms with Crippen LogP contribution in [0.25, 0.3) is 55.3 Å². The van der Waals surface area contributed by atoms with E-state index in [0.29, 0.717) is 0 Å². The lowest BCUT2D eigenvalue weighted by atomic mass is 9.53. The number of fused-ring (bicyclic) bond motifs is 10. The minimum absolute atomic E-state index is 0.132. The number of hydrogen-bond acceptors (Lipinski definition) is 4. The van der Waals surface area contributed by atoms with Crippen molar-refractivity contribution in [3.05, 3.63) is 217 Å². The lowest BCUT2D eigenvalue weighted by Gasteiger charge is -2.47. The zero-order chi connectivity index (χ0) is 41.1. The highest BCUT2D eigenvalue weighted by molar-refractivity contribution is 6.86. The number of rotatable bonds is 5. The molecule has 0 N–H and O–H groups in total. The molecule has 0 unspecified atom stereocenters. The van der Waals surface area contributed by atoms with Crippen LogP contribution in [-0.4, -0.2) is 6.98 Å². The lowest BCUT2D eigenvalue weighted by Crippen LogP contribution is -2.61. The number of furan rings is 1. The summed E-state index contributed by atoms with van der Waals surface area (Å²) in [4.78, 5) is 7.50. The van der Waals surface area contributed by atoms with Gasteiger partial charge in [0.15, 0.2) is 0 Å². The molecule has 13 rings (SSSR count). The van der Waals surface area contributed by atoms with Gasteiger partial charge in [-0.3, -0.25) is 0 Å². The predicted octanol–water partition coefficient (Wildman–Crippen LogP) is 14.7. The molecule has 1 aliphatic carbocycles. The molecule has 4 nitrogen and oxygen atoms in total. The predicted molar refractivity (Wildman–Crippen MR) is 259 cm³/mol. The summed E-state index contributed by atoms with van der Waals surface area (Å²) >= 11 is 0. The maximum Gasteiger partial charge on any atom is 0.421 e. The second-order valence-electron chi connectivity index (χ2n) is 17.3. The highest BCUT2D eigenvalue weighted by atomic mass is 16.3. The van der Waals surface area contributed by atoms with Crippen molar-refractivity contribution in [3.63, 3.8) is 0 Å². The van der Waals surface area contributed by atoms with Gasteiger partial charge in [-0.25, -0.2) is 0 Å². The summed E-state index contributed by atoms with van der Waals surface area (Å²) in [5, 5.41) is 2.22. The Morgan fingerprint density at radius 2 is 0.935 bits per heavy atom. The van der Waals surface area contributed by atoms with Gasteiger partial charge in [0, 0.05) is 67.1 Å². The Balaban J connectivity index is 0.999. The van der Waals surface area contributed by atoms with Crippen LogP contribution in [0, 0.1) is 0 Å². The van der Waals surface area contributed by atoms with Gasteiger partial charge in [-0.1, -0.05) is 135 Å². The highest BCUT2D eigenvalue weighted by Gasteiger charge is 2.46. The first-order valence-electron chi connectivity index (χ1n) is 21.5. The molecule has 0 bridgehead atoms. The average Bonchev–Trinajstić information content (AvgIpc) is 3.81. The van der Waals surface area contributed by atoms with Gasteiger partial charge in [0.2, 0.25) is 0 Å². The molecular weight excluding hydrogens is 753 g/mol. The molecule has 3 heterocycles. The van der Waals surface area contributed by atoms with Crippen molar-refractivity contribution < 1.29 is 4.42 Å². The molecular formula is C57H40BN3O. The van der Waals surface area contributed by atoms with Crippen LogP contribution in [0.5, 0.6) is 0 Å². The lowest BCUT2D eigenvalue weighted by molar-refractivity contribution is 0.660. The van der Waals surface area contributed by atoms with Crippen LogP contribution in [0.15, 0.2) is 211 Å². The van der Waals surface area contributed by atoms with Gasteiger partial charge in [0.25, 0.3) is 0 Å². The smallest absolute Gasteiger partial charge is 0.421 e. The maximum atomic E-state index is 6.33. The molecule has 0 spiro atoms.